The molecule has 2 atom stereocenters. The Hall–Kier alpha value is -1.18. The lowest BCUT2D eigenvalue weighted by Crippen LogP contribution is -2.48. The Bertz CT molecular complexity index is 642. The topological polar surface area (TPSA) is 57.3 Å². The number of rotatable bonds is 6. The number of thiazole rings is 1. The van der Waals surface area contributed by atoms with Gasteiger partial charge >= 0.3 is 0 Å². The molecule has 1 aliphatic heterocycles. The van der Waals surface area contributed by atoms with E-state index in [9.17, 15) is 4.79 Å². The molecule has 2 N–H and O–H groups in total. The lowest BCUT2D eigenvalue weighted by atomic mass is 10.1. The first-order valence-electron chi connectivity index (χ1n) is 8.39. The van der Waals surface area contributed by atoms with Crippen LogP contribution in [-0.2, 0) is 4.79 Å². The van der Waals surface area contributed by atoms with Crippen molar-refractivity contribution >= 4 is 42.1 Å². The van der Waals surface area contributed by atoms with E-state index in [-0.39, 0.29) is 36.8 Å². The number of piperidine rings is 1. The third-order valence-electron chi connectivity index (χ3n) is 4.42. The van der Waals surface area contributed by atoms with Crippen LogP contribution in [0, 0.1) is 0 Å². The fourth-order valence-electron chi connectivity index (χ4n) is 3.15. The molecule has 2 unspecified atom stereocenters. The maximum absolute atomic E-state index is 12.6. The molecule has 1 amide bonds. The highest BCUT2D eigenvalue weighted by Gasteiger charge is 2.23. The van der Waals surface area contributed by atoms with Gasteiger partial charge in [0.25, 0.3) is 0 Å². The maximum Gasteiger partial charge on any atom is 0.235 e. The first-order valence-corrected chi connectivity index (χ1v) is 9.27. The maximum atomic E-state index is 12.6. The highest BCUT2D eigenvalue weighted by atomic mass is 35.5. The molecule has 8 heteroatoms. The van der Waals surface area contributed by atoms with Crippen LogP contribution >= 0.6 is 36.2 Å². The second-order valence-corrected chi connectivity index (χ2v) is 7.07. The van der Waals surface area contributed by atoms with E-state index in [1.807, 2.05) is 42.8 Å². The molecule has 144 valence electrons. The Morgan fingerprint density at radius 2 is 2.12 bits per heavy atom. The predicted octanol–water partition coefficient (Wildman–Crippen LogP) is 2.88. The van der Waals surface area contributed by atoms with Crippen LogP contribution in [0.15, 0.2) is 41.9 Å². The van der Waals surface area contributed by atoms with Crippen LogP contribution < -0.4 is 10.6 Å². The van der Waals surface area contributed by atoms with E-state index in [0.717, 1.165) is 30.1 Å². The van der Waals surface area contributed by atoms with Gasteiger partial charge in [0.05, 0.1) is 6.54 Å². The summed E-state index contributed by atoms with van der Waals surface area (Å²) in [6, 6.07) is 10.3. The molecule has 1 aromatic heterocycles. The van der Waals surface area contributed by atoms with Crippen LogP contribution in [0.5, 0.6) is 0 Å². The number of carbonyl (C=O) groups is 1. The lowest BCUT2D eigenvalue weighted by Gasteiger charge is -2.32. The molecule has 26 heavy (non-hydrogen) atoms. The first-order chi connectivity index (χ1) is 11.8. The molecule has 1 aromatic carbocycles. The Balaban J connectivity index is 0.00000169. The number of likely N-dealkylation sites (tertiary alicyclic amines) is 1. The quantitative estimate of drug-likeness (QED) is 0.759. The average Bonchev–Trinajstić information content (AvgIpc) is 3.15. The van der Waals surface area contributed by atoms with Gasteiger partial charge in [-0.25, -0.2) is 4.98 Å². The van der Waals surface area contributed by atoms with E-state index in [4.69, 9.17) is 0 Å². The number of likely N-dealkylation sites (N-methyl/N-ethyl adjacent to an activating group) is 1. The molecule has 0 saturated carbocycles. The van der Waals surface area contributed by atoms with Crippen molar-refractivity contribution in [2.24, 2.45) is 0 Å². The number of nitrogens with zero attached hydrogens (tertiary/aromatic N) is 2. The van der Waals surface area contributed by atoms with E-state index in [1.165, 1.54) is 6.42 Å². The van der Waals surface area contributed by atoms with Crippen molar-refractivity contribution < 1.29 is 4.79 Å². The van der Waals surface area contributed by atoms with Gasteiger partial charge in [0.1, 0.15) is 11.0 Å². The van der Waals surface area contributed by atoms with Crippen LogP contribution in [0.1, 0.15) is 29.5 Å². The smallest absolute Gasteiger partial charge is 0.235 e. The van der Waals surface area contributed by atoms with Gasteiger partial charge < -0.3 is 10.6 Å². The van der Waals surface area contributed by atoms with Crippen molar-refractivity contribution in [1.82, 2.24) is 20.5 Å². The van der Waals surface area contributed by atoms with Gasteiger partial charge in [0, 0.05) is 24.2 Å². The van der Waals surface area contributed by atoms with Gasteiger partial charge in [-0.3, -0.25) is 9.69 Å². The number of benzene rings is 1. The van der Waals surface area contributed by atoms with Crippen molar-refractivity contribution in [3.8, 4) is 0 Å². The number of aromatic nitrogens is 1. The number of amides is 1. The molecule has 5 nitrogen and oxygen atoms in total. The fourth-order valence-corrected chi connectivity index (χ4v) is 3.87. The summed E-state index contributed by atoms with van der Waals surface area (Å²) >= 11 is 1.57. The first kappa shape index (κ1) is 22.9. The van der Waals surface area contributed by atoms with Crippen LogP contribution in [-0.4, -0.2) is 48.5 Å². The zero-order chi connectivity index (χ0) is 16.8. The van der Waals surface area contributed by atoms with E-state index < -0.39 is 0 Å². The molecule has 0 spiro atoms. The third kappa shape index (κ3) is 6.21. The van der Waals surface area contributed by atoms with Gasteiger partial charge in [0.15, 0.2) is 0 Å². The van der Waals surface area contributed by atoms with Gasteiger partial charge in [-0.2, -0.15) is 0 Å². The predicted molar refractivity (Wildman–Crippen MR) is 112 cm³/mol. The molecular formula is C18H26Cl2N4OS. The van der Waals surface area contributed by atoms with Crippen LogP contribution in [0.4, 0.5) is 0 Å². The molecule has 1 aliphatic rings. The minimum atomic E-state index is -0.177. The monoisotopic (exact) mass is 416 g/mol. The summed E-state index contributed by atoms with van der Waals surface area (Å²) in [7, 11) is 1.99. The zero-order valence-corrected chi connectivity index (χ0v) is 17.2. The van der Waals surface area contributed by atoms with Gasteiger partial charge in [-0.15, -0.1) is 36.2 Å². The summed E-state index contributed by atoms with van der Waals surface area (Å²) in [4.78, 5) is 19.2. The zero-order valence-electron chi connectivity index (χ0n) is 14.8. The summed E-state index contributed by atoms with van der Waals surface area (Å²) in [6.07, 6.45) is 4.10. The van der Waals surface area contributed by atoms with Gasteiger partial charge in [0.2, 0.25) is 5.91 Å². The molecule has 1 fully saturated rings. The Labute approximate surface area is 171 Å². The number of hydrogen-bond acceptors (Lipinski definition) is 5. The summed E-state index contributed by atoms with van der Waals surface area (Å²) in [6.45, 7) is 2.35. The number of nitrogens with one attached hydrogen (secondary N) is 2. The summed E-state index contributed by atoms with van der Waals surface area (Å²) in [5.74, 6) is 0.0517. The Morgan fingerprint density at radius 1 is 1.35 bits per heavy atom. The fraction of sp³-hybridized carbons (Fsp3) is 0.444. The van der Waals surface area contributed by atoms with Crippen LogP contribution in [0.25, 0.3) is 0 Å². The number of carbonyl (C=O) groups excluding carboxylic acids is 1. The van der Waals surface area contributed by atoms with Crippen molar-refractivity contribution in [2.75, 3.05) is 26.7 Å². The van der Waals surface area contributed by atoms with Gasteiger partial charge in [-0.05, 0) is 32.0 Å². The molecule has 2 aromatic rings. The highest BCUT2D eigenvalue weighted by Crippen LogP contribution is 2.23. The Kier molecular flexibility index (Phi) is 10.1. The van der Waals surface area contributed by atoms with Crippen LogP contribution in [0.3, 0.4) is 0 Å². The van der Waals surface area contributed by atoms with Crippen molar-refractivity contribution in [2.45, 2.75) is 24.9 Å². The SMILES string of the molecule is CNC1CCCN(CC(=O)NC(c2ccccc2)c2nccs2)C1.Cl.Cl. The van der Waals surface area contributed by atoms with E-state index in [1.54, 1.807) is 17.5 Å². The highest BCUT2D eigenvalue weighted by molar-refractivity contribution is 7.09. The second-order valence-electron chi connectivity index (χ2n) is 6.14. The molecule has 0 aliphatic carbocycles. The molecule has 3 rings (SSSR count). The normalized spacial score (nSPS) is 18.3. The second kappa shape index (κ2) is 11.5. The summed E-state index contributed by atoms with van der Waals surface area (Å²) < 4.78 is 0. The van der Waals surface area contributed by atoms with E-state index in [2.05, 4.69) is 20.5 Å². The molecule has 1 saturated heterocycles. The molecule has 0 radical (unpaired) electrons. The summed E-state index contributed by atoms with van der Waals surface area (Å²) in [5, 5.41) is 9.34. The number of halogens is 2. The van der Waals surface area contributed by atoms with Crippen LogP contribution in [0.2, 0.25) is 0 Å². The standard InChI is InChI=1S/C18H24N4OS.2ClH/c1-19-15-8-5-10-22(12-15)13-16(23)21-17(18-20-9-11-24-18)14-6-3-2-4-7-14;;/h2-4,6-7,9,11,15,17,19H,5,8,10,12-13H2,1H3,(H,21,23);2*1H. The van der Waals surface area contributed by atoms with E-state index >= 15 is 0 Å². The molecule has 0 bridgehead atoms. The van der Waals surface area contributed by atoms with Crippen molar-refractivity contribution in [3.63, 3.8) is 0 Å². The average molecular weight is 417 g/mol. The minimum Gasteiger partial charge on any atom is -0.342 e. The summed E-state index contributed by atoms with van der Waals surface area (Å²) in [5.41, 5.74) is 1.06. The lowest BCUT2D eigenvalue weighted by molar-refractivity contribution is -0.123. The van der Waals surface area contributed by atoms with E-state index in [0.29, 0.717) is 12.6 Å². The van der Waals surface area contributed by atoms with Gasteiger partial charge in [-0.1, -0.05) is 30.3 Å². The van der Waals surface area contributed by atoms with Crippen molar-refractivity contribution in [1.29, 1.82) is 0 Å². The third-order valence-corrected chi connectivity index (χ3v) is 5.26. The molecule has 2 heterocycles. The number of hydrogen-bond donors (Lipinski definition) is 2. The van der Waals surface area contributed by atoms with Crippen molar-refractivity contribution in [3.05, 3.63) is 52.5 Å². The Morgan fingerprint density at radius 3 is 2.77 bits per heavy atom. The largest absolute Gasteiger partial charge is 0.342 e. The molecular weight excluding hydrogens is 391 g/mol. The minimum absolute atomic E-state index is 0.